The maximum absolute atomic E-state index is 12.2. The number of alkyl halides is 3. The second-order valence-corrected chi connectivity index (χ2v) is 5.82. The van der Waals surface area contributed by atoms with E-state index >= 15 is 0 Å². The molecule has 7 heteroatoms. The molecule has 0 N–H and O–H groups in total. The van der Waals surface area contributed by atoms with E-state index in [1.807, 2.05) is 39.0 Å². The van der Waals surface area contributed by atoms with Crippen LogP contribution in [0.3, 0.4) is 0 Å². The van der Waals surface area contributed by atoms with Gasteiger partial charge in [-0.1, -0.05) is 44.5 Å². The fourth-order valence-electron chi connectivity index (χ4n) is 2.06. The summed E-state index contributed by atoms with van der Waals surface area (Å²) in [5, 5.41) is 0. The molecule has 0 bridgehead atoms. The number of ether oxygens (including phenoxy) is 1. The highest BCUT2D eigenvalue weighted by atomic mass is 19.4. The number of carbonyl (C=O) groups excluding carboxylic acids is 2. The Hall–Kier alpha value is -2.05. The molecule has 1 rings (SSSR count). The third-order valence-corrected chi connectivity index (χ3v) is 3.68. The fourth-order valence-corrected chi connectivity index (χ4v) is 2.06. The molecule has 0 aliphatic carbocycles. The first-order valence-electron chi connectivity index (χ1n) is 7.71. The van der Waals surface area contributed by atoms with Gasteiger partial charge in [-0.3, -0.25) is 4.79 Å². The standard InChI is InChI=1S/C17H22F3NO3/c1-4-12(2)9-21(10-14-8-6-5-7-13(14)3)15(22)16(23)24-11-17(18,19)20/h5-8,12H,4,9-11H2,1-3H3/t12-/m1/s1. The zero-order valence-electron chi connectivity index (χ0n) is 14.0. The Balaban J connectivity index is 2.86. The van der Waals surface area contributed by atoms with Crippen LogP contribution in [0.25, 0.3) is 0 Å². The van der Waals surface area contributed by atoms with Crippen LogP contribution < -0.4 is 0 Å². The van der Waals surface area contributed by atoms with Crippen LogP contribution in [0.4, 0.5) is 13.2 Å². The van der Waals surface area contributed by atoms with Crippen molar-refractivity contribution in [3.63, 3.8) is 0 Å². The largest absolute Gasteiger partial charge is 0.449 e. The molecule has 0 aromatic heterocycles. The van der Waals surface area contributed by atoms with Gasteiger partial charge in [0.1, 0.15) is 0 Å². The van der Waals surface area contributed by atoms with Gasteiger partial charge in [-0.05, 0) is 24.0 Å². The van der Waals surface area contributed by atoms with Crippen LogP contribution in [0.1, 0.15) is 31.4 Å². The van der Waals surface area contributed by atoms with Gasteiger partial charge in [0, 0.05) is 13.1 Å². The van der Waals surface area contributed by atoms with Crippen LogP contribution >= 0.6 is 0 Å². The van der Waals surface area contributed by atoms with Gasteiger partial charge in [-0.2, -0.15) is 13.2 Å². The topological polar surface area (TPSA) is 46.6 Å². The molecule has 1 amide bonds. The number of halogens is 3. The van der Waals surface area contributed by atoms with Crippen molar-refractivity contribution in [2.45, 2.75) is 39.9 Å². The summed E-state index contributed by atoms with van der Waals surface area (Å²) in [6, 6.07) is 7.32. The molecule has 0 unspecified atom stereocenters. The van der Waals surface area contributed by atoms with Crippen LogP contribution in [0.15, 0.2) is 24.3 Å². The predicted molar refractivity (Wildman–Crippen MR) is 83.1 cm³/mol. The number of esters is 1. The minimum absolute atomic E-state index is 0.105. The first-order valence-corrected chi connectivity index (χ1v) is 7.71. The van der Waals surface area contributed by atoms with Crippen molar-refractivity contribution in [2.75, 3.05) is 13.2 Å². The van der Waals surface area contributed by atoms with Gasteiger partial charge in [0.15, 0.2) is 6.61 Å². The van der Waals surface area contributed by atoms with Crippen LogP contribution in [-0.4, -0.2) is 36.1 Å². The maximum Gasteiger partial charge on any atom is 0.422 e. The zero-order valence-corrected chi connectivity index (χ0v) is 14.0. The molecule has 0 fully saturated rings. The lowest BCUT2D eigenvalue weighted by molar-refractivity contribution is -0.189. The third kappa shape index (κ3) is 6.60. The molecule has 0 radical (unpaired) electrons. The van der Waals surface area contributed by atoms with E-state index in [0.717, 1.165) is 17.5 Å². The normalized spacial score (nSPS) is 12.6. The van der Waals surface area contributed by atoms with E-state index in [4.69, 9.17) is 0 Å². The minimum Gasteiger partial charge on any atom is -0.449 e. The van der Waals surface area contributed by atoms with Crippen molar-refractivity contribution in [2.24, 2.45) is 5.92 Å². The Kier molecular flexibility index (Phi) is 7.25. The molecule has 0 saturated carbocycles. The van der Waals surface area contributed by atoms with Crippen LogP contribution in [0.2, 0.25) is 0 Å². The first kappa shape index (κ1) is 20.0. The SMILES string of the molecule is CC[C@@H](C)CN(Cc1ccccc1C)C(=O)C(=O)OCC(F)(F)F. The van der Waals surface area contributed by atoms with E-state index in [1.54, 1.807) is 6.07 Å². The summed E-state index contributed by atoms with van der Waals surface area (Å²) in [6.45, 7) is 4.35. The highest BCUT2D eigenvalue weighted by Gasteiger charge is 2.33. The summed E-state index contributed by atoms with van der Waals surface area (Å²) in [5.41, 5.74) is 1.76. The molecule has 1 atom stereocenters. The molecule has 134 valence electrons. The highest BCUT2D eigenvalue weighted by molar-refractivity contribution is 6.32. The zero-order chi connectivity index (χ0) is 18.3. The van der Waals surface area contributed by atoms with E-state index < -0.39 is 24.7 Å². The van der Waals surface area contributed by atoms with Gasteiger partial charge in [0.25, 0.3) is 0 Å². The van der Waals surface area contributed by atoms with Crippen LogP contribution in [0, 0.1) is 12.8 Å². The number of benzene rings is 1. The van der Waals surface area contributed by atoms with E-state index in [-0.39, 0.29) is 19.0 Å². The smallest absolute Gasteiger partial charge is 0.422 e. The van der Waals surface area contributed by atoms with Crippen molar-refractivity contribution in [1.82, 2.24) is 4.90 Å². The van der Waals surface area contributed by atoms with Gasteiger partial charge in [-0.25, -0.2) is 4.79 Å². The van der Waals surface area contributed by atoms with Gasteiger partial charge in [-0.15, -0.1) is 0 Å². The quantitative estimate of drug-likeness (QED) is 0.586. The van der Waals surface area contributed by atoms with Gasteiger partial charge >= 0.3 is 18.1 Å². The number of hydrogen-bond donors (Lipinski definition) is 0. The van der Waals surface area contributed by atoms with Crippen molar-refractivity contribution in [1.29, 1.82) is 0 Å². The lowest BCUT2D eigenvalue weighted by Gasteiger charge is -2.25. The minimum atomic E-state index is -4.66. The molecule has 0 aliphatic heterocycles. The Labute approximate surface area is 139 Å². The summed E-state index contributed by atoms with van der Waals surface area (Å²) in [4.78, 5) is 25.1. The summed E-state index contributed by atoms with van der Waals surface area (Å²) >= 11 is 0. The number of hydrogen-bond acceptors (Lipinski definition) is 3. The number of aryl methyl sites for hydroxylation is 1. The molecule has 1 aromatic rings. The number of nitrogens with zero attached hydrogens (tertiary/aromatic N) is 1. The summed E-state index contributed by atoms with van der Waals surface area (Å²) < 4.78 is 40.5. The Morgan fingerprint density at radius 3 is 2.42 bits per heavy atom. The third-order valence-electron chi connectivity index (χ3n) is 3.68. The highest BCUT2D eigenvalue weighted by Crippen LogP contribution is 2.16. The van der Waals surface area contributed by atoms with Crippen molar-refractivity contribution in [3.8, 4) is 0 Å². The first-order chi connectivity index (χ1) is 11.1. The Bertz CT molecular complexity index is 572. The van der Waals surface area contributed by atoms with Crippen molar-refractivity contribution in [3.05, 3.63) is 35.4 Å². The van der Waals surface area contributed by atoms with E-state index in [9.17, 15) is 22.8 Å². The average Bonchev–Trinajstić information content (AvgIpc) is 2.52. The van der Waals surface area contributed by atoms with E-state index in [0.29, 0.717) is 0 Å². The lowest BCUT2D eigenvalue weighted by atomic mass is 10.1. The summed E-state index contributed by atoms with van der Waals surface area (Å²) in [5.74, 6) is -2.43. The second-order valence-electron chi connectivity index (χ2n) is 5.82. The molecule has 1 aromatic carbocycles. The Morgan fingerprint density at radius 1 is 1.25 bits per heavy atom. The van der Waals surface area contributed by atoms with Gasteiger partial charge in [0.2, 0.25) is 0 Å². The molecular weight excluding hydrogens is 323 g/mol. The second kappa shape index (κ2) is 8.70. The van der Waals surface area contributed by atoms with Crippen LogP contribution in [-0.2, 0) is 20.9 Å². The monoisotopic (exact) mass is 345 g/mol. The molecular formula is C17H22F3NO3. The van der Waals surface area contributed by atoms with Gasteiger partial charge < -0.3 is 9.64 Å². The lowest BCUT2D eigenvalue weighted by Crippen LogP contribution is -2.40. The Morgan fingerprint density at radius 2 is 1.88 bits per heavy atom. The van der Waals surface area contributed by atoms with E-state index in [2.05, 4.69) is 4.74 Å². The average molecular weight is 345 g/mol. The van der Waals surface area contributed by atoms with Crippen molar-refractivity contribution < 1.29 is 27.5 Å². The summed E-state index contributed by atoms with van der Waals surface area (Å²) in [6.07, 6.45) is -3.89. The molecule has 0 spiro atoms. The molecule has 24 heavy (non-hydrogen) atoms. The molecule has 0 heterocycles. The predicted octanol–water partition coefficient (Wildman–Crippen LogP) is 3.48. The number of amides is 1. The van der Waals surface area contributed by atoms with Crippen LogP contribution in [0.5, 0.6) is 0 Å². The number of rotatable bonds is 6. The fraction of sp³-hybridized carbons (Fsp3) is 0.529. The number of carbonyl (C=O) groups is 2. The maximum atomic E-state index is 12.2. The van der Waals surface area contributed by atoms with E-state index in [1.165, 1.54) is 4.90 Å². The molecule has 0 saturated heterocycles. The summed E-state index contributed by atoms with van der Waals surface area (Å²) in [7, 11) is 0. The molecule has 0 aliphatic rings. The molecule has 4 nitrogen and oxygen atoms in total. The van der Waals surface area contributed by atoms with Crippen molar-refractivity contribution >= 4 is 11.9 Å². The van der Waals surface area contributed by atoms with Gasteiger partial charge in [0.05, 0.1) is 0 Å².